The predicted octanol–water partition coefficient (Wildman–Crippen LogP) is 3.42. The maximum Gasteiger partial charge on any atom is 0.252 e. The van der Waals surface area contributed by atoms with Crippen LogP contribution in [0.25, 0.3) is 0 Å². The lowest BCUT2D eigenvalue weighted by Gasteiger charge is -2.22. The Morgan fingerprint density at radius 3 is 2.27 bits per heavy atom. The highest BCUT2D eigenvalue weighted by Gasteiger charge is 2.24. The van der Waals surface area contributed by atoms with Gasteiger partial charge in [0.15, 0.2) is 0 Å². The zero-order valence-electron chi connectivity index (χ0n) is 15.6. The van der Waals surface area contributed by atoms with Gasteiger partial charge in [0.25, 0.3) is 5.91 Å². The Morgan fingerprint density at radius 2 is 1.69 bits per heavy atom. The number of hydrogen-bond acceptors (Lipinski definition) is 3. The molecule has 0 aliphatic heterocycles. The van der Waals surface area contributed by atoms with Crippen molar-refractivity contribution in [3.8, 4) is 5.75 Å². The molecule has 0 spiro atoms. The van der Waals surface area contributed by atoms with Crippen LogP contribution >= 0.6 is 0 Å². The molecule has 2 amide bonds. The topological polar surface area (TPSA) is 58.6 Å². The Bertz CT molecular complexity index is 712. The number of benzene rings is 2. The highest BCUT2D eigenvalue weighted by Crippen LogP contribution is 2.17. The predicted molar refractivity (Wildman–Crippen MR) is 102 cm³/mol. The van der Waals surface area contributed by atoms with Crippen LogP contribution in [0.5, 0.6) is 5.75 Å². The average Bonchev–Trinajstić information content (AvgIpc) is 2.66. The third-order valence-corrected chi connectivity index (χ3v) is 3.98. The van der Waals surface area contributed by atoms with Crippen molar-refractivity contribution < 1.29 is 14.3 Å². The molecule has 0 saturated heterocycles. The molecule has 5 heteroatoms. The van der Waals surface area contributed by atoms with Crippen LogP contribution < -0.4 is 10.1 Å². The molecule has 0 saturated carbocycles. The first-order chi connectivity index (χ1) is 12.5. The highest BCUT2D eigenvalue weighted by atomic mass is 16.5. The number of nitrogens with one attached hydrogen (secondary N) is 1. The second-order valence-corrected chi connectivity index (χ2v) is 6.28. The van der Waals surface area contributed by atoms with Crippen LogP contribution in [0.1, 0.15) is 41.7 Å². The molecule has 0 aromatic heterocycles. The molecule has 0 aliphatic carbocycles. The van der Waals surface area contributed by atoms with Gasteiger partial charge in [-0.3, -0.25) is 9.59 Å². The van der Waals surface area contributed by atoms with Gasteiger partial charge < -0.3 is 15.0 Å². The first-order valence-corrected chi connectivity index (χ1v) is 8.82. The van der Waals surface area contributed by atoms with Gasteiger partial charge >= 0.3 is 0 Å². The number of rotatable bonds is 8. The van der Waals surface area contributed by atoms with Crippen molar-refractivity contribution in [2.45, 2.75) is 25.8 Å². The van der Waals surface area contributed by atoms with Crippen molar-refractivity contribution in [1.29, 1.82) is 0 Å². The van der Waals surface area contributed by atoms with Crippen LogP contribution in [0, 0.1) is 0 Å². The molecule has 1 atom stereocenters. The first kappa shape index (κ1) is 19.5. The summed E-state index contributed by atoms with van der Waals surface area (Å²) in [6, 6.07) is 15.5. The minimum absolute atomic E-state index is 0.177. The summed E-state index contributed by atoms with van der Waals surface area (Å²) in [7, 11) is 3.35. The van der Waals surface area contributed by atoms with Gasteiger partial charge in [-0.1, -0.05) is 43.7 Å². The summed E-state index contributed by atoms with van der Waals surface area (Å²) < 4.78 is 5.61. The van der Waals surface area contributed by atoms with Crippen LogP contribution in [0.4, 0.5) is 0 Å². The van der Waals surface area contributed by atoms with E-state index in [1.807, 2.05) is 30.3 Å². The molecule has 0 heterocycles. The molecule has 0 radical (unpaired) electrons. The molecular weight excluding hydrogens is 328 g/mol. The van der Waals surface area contributed by atoms with Crippen LogP contribution in [0.15, 0.2) is 54.6 Å². The summed E-state index contributed by atoms with van der Waals surface area (Å²) in [5.74, 6) is 0.261. The van der Waals surface area contributed by atoms with E-state index in [-0.39, 0.29) is 11.8 Å². The standard InChI is InChI=1S/C21H26N2O3/c1-4-5-15-26-18-13-11-17(12-14-18)20(24)22-19(21(25)23(2)3)16-9-7-6-8-10-16/h6-14,19H,4-5,15H2,1-3H3,(H,22,24). The molecular formula is C21H26N2O3. The van der Waals surface area contributed by atoms with E-state index in [1.165, 1.54) is 4.90 Å². The fourth-order valence-electron chi connectivity index (χ4n) is 2.44. The minimum atomic E-state index is -0.723. The van der Waals surface area contributed by atoms with E-state index in [9.17, 15) is 9.59 Å². The van der Waals surface area contributed by atoms with Gasteiger partial charge in [0.1, 0.15) is 11.8 Å². The maximum atomic E-state index is 12.6. The molecule has 1 N–H and O–H groups in total. The van der Waals surface area contributed by atoms with Gasteiger partial charge in [-0.15, -0.1) is 0 Å². The van der Waals surface area contributed by atoms with Gasteiger partial charge in [-0.25, -0.2) is 0 Å². The van der Waals surface area contributed by atoms with Crippen molar-refractivity contribution >= 4 is 11.8 Å². The number of hydrogen-bond donors (Lipinski definition) is 1. The van der Waals surface area contributed by atoms with Gasteiger partial charge in [0.05, 0.1) is 6.61 Å². The molecule has 2 aromatic carbocycles. The molecule has 1 unspecified atom stereocenters. The maximum absolute atomic E-state index is 12.6. The Morgan fingerprint density at radius 1 is 1.04 bits per heavy atom. The number of amides is 2. The van der Waals surface area contributed by atoms with Gasteiger partial charge in [-0.05, 0) is 36.2 Å². The second kappa shape index (κ2) is 9.61. The number of carbonyl (C=O) groups excluding carboxylic acids is 2. The normalized spacial score (nSPS) is 11.5. The Kier molecular flexibility index (Phi) is 7.21. The van der Waals surface area contributed by atoms with E-state index in [2.05, 4.69) is 12.2 Å². The number of nitrogens with zero attached hydrogens (tertiary/aromatic N) is 1. The molecule has 2 aromatic rings. The van der Waals surface area contributed by atoms with Crippen molar-refractivity contribution in [3.05, 3.63) is 65.7 Å². The van der Waals surface area contributed by atoms with Gasteiger partial charge in [0, 0.05) is 19.7 Å². The first-order valence-electron chi connectivity index (χ1n) is 8.82. The fourth-order valence-corrected chi connectivity index (χ4v) is 2.44. The number of likely N-dealkylation sites (N-methyl/N-ethyl adjacent to an activating group) is 1. The summed E-state index contributed by atoms with van der Waals surface area (Å²) in [5, 5.41) is 2.83. The van der Waals surface area contributed by atoms with Gasteiger partial charge in [-0.2, -0.15) is 0 Å². The lowest BCUT2D eigenvalue weighted by atomic mass is 10.0. The van der Waals surface area contributed by atoms with E-state index >= 15 is 0 Å². The SMILES string of the molecule is CCCCOc1ccc(C(=O)NC(C(=O)N(C)C)c2ccccc2)cc1. The van der Waals surface area contributed by atoms with Crippen molar-refractivity contribution in [2.24, 2.45) is 0 Å². The number of ether oxygens (including phenoxy) is 1. The van der Waals surface area contributed by atoms with Crippen molar-refractivity contribution in [1.82, 2.24) is 10.2 Å². The van der Waals surface area contributed by atoms with E-state index in [0.717, 1.165) is 24.2 Å². The zero-order valence-corrected chi connectivity index (χ0v) is 15.6. The number of carbonyl (C=O) groups is 2. The summed E-state index contributed by atoms with van der Waals surface area (Å²) >= 11 is 0. The molecule has 0 aliphatic rings. The molecule has 2 rings (SSSR count). The van der Waals surface area contributed by atoms with Crippen molar-refractivity contribution in [2.75, 3.05) is 20.7 Å². The molecule has 5 nitrogen and oxygen atoms in total. The Labute approximate surface area is 155 Å². The Hall–Kier alpha value is -2.82. The molecule has 0 fully saturated rings. The third kappa shape index (κ3) is 5.34. The monoisotopic (exact) mass is 354 g/mol. The Balaban J connectivity index is 2.10. The zero-order chi connectivity index (χ0) is 18.9. The summed E-state index contributed by atoms with van der Waals surface area (Å²) in [5.41, 5.74) is 1.24. The summed E-state index contributed by atoms with van der Waals surface area (Å²) in [4.78, 5) is 26.6. The van der Waals surface area contributed by atoms with Crippen LogP contribution in [-0.4, -0.2) is 37.4 Å². The minimum Gasteiger partial charge on any atom is -0.494 e. The highest BCUT2D eigenvalue weighted by molar-refractivity contribution is 5.97. The molecule has 138 valence electrons. The van der Waals surface area contributed by atoms with Crippen molar-refractivity contribution in [3.63, 3.8) is 0 Å². The summed E-state index contributed by atoms with van der Waals surface area (Å²) in [6.07, 6.45) is 2.06. The quantitative estimate of drug-likeness (QED) is 0.739. The van der Waals surface area contributed by atoms with E-state index in [0.29, 0.717) is 12.2 Å². The third-order valence-electron chi connectivity index (χ3n) is 3.98. The van der Waals surface area contributed by atoms with Crippen LogP contribution in [0.2, 0.25) is 0 Å². The number of unbranched alkanes of at least 4 members (excludes halogenated alkanes) is 1. The van der Waals surface area contributed by atoms with Gasteiger partial charge in [0.2, 0.25) is 5.91 Å². The van der Waals surface area contributed by atoms with E-state index in [4.69, 9.17) is 4.74 Å². The smallest absolute Gasteiger partial charge is 0.252 e. The molecule has 0 bridgehead atoms. The fraction of sp³-hybridized carbons (Fsp3) is 0.333. The lowest BCUT2D eigenvalue weighted by Crippen LogP contribution is -2.39. The molecule has 26 heavy (non-hydrogen) atoms. The van der Waals surface area contributed by atoms with Crippen LogP contribution in [0.3, 0.4) is 0 Å². The second-order valence-electron chi connectivity index (χ2n) is 6.28. The van der Waals surface area contributed by atoms with Crippen LogP contribution in [-0.2, 0) is 4.79 Å². The summed E-state index contributed by atoms with van der Waals surface area (Å²) in [6.45, 7) is 2.77. The largest absolute Gasteiger partial charge is 0.494 e. The van der Waals surface area contributed by atoms with E-state index < -0.39 is 6.04 Å². The van der Waals surface area contributed by atoms with E-state index in [1.54, 1.807) is 38.4 Å². The lowest BCUT2D eigenvalue weighted by molar-refractivity contribution is -0.130. The average molecular weight is 354 g/mol.